The van der Waals surface area contributed by atoms with Crippen molar-refractivity contribution < 1.29 is 29.3 Å². The fourth-order valence-electron chi connectivity index (χ4n) is 5.07. The van der Waals surface area contributed by atoms with Gasteiger partial charge in [-0.1, -0.05) is 34.1 Å². The molecule has 35 heavy (non-hydrogen) atoms. The topological polar surface area (TPSA) is 109 Å². The van der Waals surface area contributed by atoms with Gasteiger partial charge in [0.2, 0.25) is 0 Å². The zero-order valence-corrected chi connectivity index (χ0v) is 22.9. The van der Waals surface area contributed by atoms with Gasteiger partial charge in [-0.15, -0.1) is 11.3 Å². The number of hydrogen-bond acceptors (Lipinski definition) is 8. The zero-order chi connectivity index (χ0) is 26.1. The average Bonchev–Trinajstić information content (AvgIpc) is 3.22. The smallest absolute Gasteiger partial charge is 0.309 e. The van der Waals surface area contributed by atoms with E-state index in [2.05, 4.69) is 11.9 Å². The van der Waals surface area contributed by atoms with E-state index in [0.29, 0.717) is 6.42 Å². The minimum Gasteiger partial charge on any atom is -0.458 e. The number of rotatable bonds is 2. The van der Waals surface area contributed by atoms with Crippen LogP contribution in [0.5, 0.6) is 0 Å². The molecule has 8 heteroatoms. The molecule has 2 unspecified atom stereocenters. The van der Waals surface area contributed by atoms with Crippen molar-refractivity contribution in [3.05, 3.63) is 21.7 Å². The summed E-state index contributed by atoms with van der Waals surface area (Å²) in [7, 11) is 0. The monoisotopic (exact) mass is 507 g/mol. The number of cyclic esters (lactones) is 1. The molecule has 0 radical (unpaired) electrons. The van der Waals surface area contributed by atoms with Crippen molar-refractivity contribution in [2.75, 3.05) is 0 Å². The van der Waals surface area contributed by atoms with Gasteiger partial charge in [-0.25, -0.2) is 4.98 Å². The van der Waals surface area contributed by atoms with E-state index in [1.54, 1.807) is 32.1 Å². The van der Waals surface area contributed by atoms with Crippen LogP contribution in [0, 0.1) is 24.2 Å². The molecule has 2 saturated heterocycles. The van der Waals surface area contributed by atoms with Gasteiger partial charge in [0.15, 0.2) is 0 Å². The number of esters is 1. The molecule has 0 spiro atoms. The van der Waals surface area contributed by atoms with Crippen LogP contribution in [0.4, 0.5) is 0 Å². The Labute approximate surface area is 212 Å². The standard InChI is InChI=1S/C27H41NO6S/c1-15-9-8-10-27(7)22(34-27)12-20(16(2)11-19-14-35-18(4)28-19)33-23(30)13-21(29)26(5,6)25(32)17(3)24(15)31/h11,14-15,17,20-22,24,29,31H,8-10,12-13H2,1-7H3/t15-,17+,20?,21-,22?,24-,27+/m0/s1. The van der Waals surface area contributed by atoms with Crippen LogP contribution in [-0.4, -0.2) is 57.0 Å². The summed E-state index contributed by atoms with van der Waals surface area (Å²) >= 11 is 1.56. The first-order valence-electron chi connectivity index (χ1n) is 12.6. The molecule has 3 heterocycles. The highest BCUT2D eigenvalue weighted by Gasteiger charge is 2.53. The molecule has 0 aromatic carbocycles. The predicted octanol–water partition coefficient (Wildman–Crippen LogP) is 4.48. The first kappa shape index (κ1) is 28.0. The number of nitrogens with zero attached hydrogens (tertiary/aromatic N) is 1. The number of ketones is 1. The Kier molecular flexibility index (Phi) is 8.62. The van der Waals surface area contributed by atoms with E-state index in [-0.39, 0.29) is 29.8 Å². The highest BCUT2D eigenvalue weighted by molar-refractivity contribution is 7.09. The second-order valence-corrected chi connectivity index (χ2v) is 12.3. The van der Waals surface area contributed by atoms with Crippen molar-refractivity contribution in [1.82, 2.24) is 4.98 Å². The van der Waals surface area contributed by atoms with Crippen molar-refractivity contribution in [1.29, 1.82) is 0 Å². The van der Waals surface area contributed by atoms with E-state index < -0.39 is 35.6 Å². The first-order chi connectivity index (χ1) is 16.2. The second-order valence-electron chi connectivity index (χ2n) is 11.3. The Morgan fingerprint density at radius 2 is 1.91 bits per heavy atom. The second kappa shape index (κ2) is 10.8. The quantitative estimate of drug-likeness (QED) is 0.449. The maximum Gasteiger partial charge on any atom is 0.309 e. The number of thiazole rings is 1. The number of carbonyl (C=O) groups excluding carboxylic acids is 2. The Bertz CT molecular complexity index is 955. The van der Waals surface area contributed by atoms with Gasteiger partial charge in [0.1, 0.15) is 11.9 Å². The van der Waals surface area contributed by atoms with Gasteiger partial charge in [0.05, 0.1) is 46.5 Å². The van der Waals surface area contributed by atoms with Crippen LogP contribution in [-0.2, 0) is 19.1 Å². The minimum atomic E-state index is -1.23. The molecule has 196 valence electrons. The van der Waals surface area contributed by atoms with Gasteiger partial charge in [-0.05, 0) is 51.2 Å². The molecule has 7 atom stereocenters. The molecule has 1 aromatic rings. The number of fused-ring (bicyclic) bond motifs is 1. The van der Waals surface area contributed by atoms with Gasteiger partial charge >= 0.3 is 5.97 Å². The summed E-state index contributed by atoms with van der Waals surface area (Å²) in [5, 5.41) is 24.6. The maximum absolute atomic E-state index is 13.2. The summed E-state index contributed by atoms with van der Waals surface area (Å²) in [6, 6.07) is 0. The van der Waals surface area contributed by atoms with Crippen LogP contribution in [0.3, 0.4) is 0 Å². The van der Waals surface area contributed by atoms with Gasteiger partial charge in [-0.2, -0.15) is 0 Å². The summed E-state index contributed by atoms with van der Waals surface area (Å²) < 4.78 is 11.9. The Morgan fingerprint density at radius 1 is 1.23 bits per heavy atom. The third-order valence-corrected chi connectivity index (χ3v) is 8.72. The van der Waals surface area contributed by atoms with Crippen LogP contribution in [0.2, 0.25) is 0 Å². The molecule has 0 saturated carbocycles. The van der Waals surface area contributed by atoms with E-state index in [4.69, 9.17) is 9.47 Å². The lowest BCUT2D eigenvalue weighted by molar-refractivity contribution is -0.154. The molecule has 2 aliphatic heterocycles. The number of aryl methyl sites for hydroxylation is 1. The number of ether oxygens (including phenoxy) is 2. The molecule has 3 rings (SSSR count). The van der Waals surface area contributed by atoms with Crippen molar-refractivity contribution >= 4 is 29.2 Å². The van der Waals surface area contributed by atoms with Crippen LogP contribution in [0.25, 0.3) is 6.08 Å². The number of epoxide rings is 1. The minimum absolute atomic E-state index is 0.0455. The van der Waals surface area contributed by atoms with Gasteiger partial charge in [0.25, 0.3) is 0 Å². The van der Waals surface area contributed by atoms with E-state index >= 15 is 0 Å². The SMILES string of the molecule is CC(=Cc1csc(C)n1)C1CC2O[C@]2(C)CCC[C@H](C)[C@H](O)[C@@H](C)C(=O)C(C)(C)[C@@H](O)CC(=O)O1. The van der Waals surface area contributed by atoms with E-state index in [1.165, 1.54) is 0 Å². The van der Waals surface area contributed by atoms with Crippen LogP contribution < -0.4 is 0 Å². The third-order valence-electron chi connectivity index (χ3n) is 7.93. The zero-order valence-electron chi connectivity index (χ0n) is 22.0. The van der Waals surface area contributed by atoms with Crippen LogP contribution in [0.1, 0.15) is 84.3 Å². The summed E-state index contributed by atoms with van der Waals surface area (Å²) in [4.78, 5) is 30.6. The molecule has 0 aliphatic carbocycles. The van der Waals surface area contributed by atoms with Crippen molar-refractivity contribution in [3.8, 4) is 0 Å². The molecule has 0 bridgehead atoms. The molecule has 2 fully saturated rings. The Hall–Kier alpha value is -1.61. The molecule has 0 amide bonds. The highest BCUT2D eigenvalue weighted by atomic mass is 32.1. The van der Waals surface area contributed by atoms with Crippen molar-refractivity contribution in [3.63, 3.8) is 0 Å². The van der Waals surface area contributed by atoms with Crippen LogP contribution >= 0.6 is 11.3 Å². The van der Waals surface area contributed by atoms with Gasteiger partial charge in [0, 0.05) is 17.7 Å². The first-order valence-corrected chi connectivity index (χ1v) is 13.5. The Morgan fingerprint density at radius 3 is 2.54 bits per heavy atom. The summed E-state index contributed by atoms with van der Waals surface area (Å²) in [5.41, 5.74) is 0.179. The predicted molar refractivity (Wildman–Crippen MR) is 136 cm³/mol. The largest absolute Gasteiger partial charge is 0.458 e. The number of aromatic nitrogens is 1. The van der Waals surface area contributed by atoms with Gasteiger partial charge < -0.3 is 19.7 Å². The fraction of sp³-hybridized carbons (Fsp3) is 0.741. The number of carbonyl (C=O) groups is 2. The normalized spacial score (nSPS) is 37.5. The molecule has 1 aromatic heterocycles. The maximum atomic E-state index is 13.2. The average molecular weight is 508 g/mol. The highest BCUT2D eigenvalue weighted by Crippen LogP contribution is 2.45. The number of Topliss-reactive ketones (excluding diaryl/α,β-unsaturated/α-hetero) is 1. The summed E-state index contributed by atoms with van der Waals surface area (Å²) in [6.07, 6.45) is 1.98. The number of hydrogen-bond donors (Lipinski definition) is 2. The third kappa shape index (κ3) is 6.59. The van der Waals surface area contributed by atoms with E-state index in [1.807, 2.05) is 32.2 Å². The lowest BCUT2D eigenvalue weighted by Gasteiger charge is -2.34. The molecular formula is C27H41NO6S. The van der Waals surface area contributed by atoms with Crippen molar-refractivity contribution in [2.45, 2.75) is 111 Å². The Balaban J connectivity index is 1.85. The lowest BCUT2D eigenvalue weighted by Crippen LogP contribution is -2.45. The summed E-state index contributed by atoms with van der Waals surface area (Å²) in [6.45, 7) is 12.8. The molecule has 7 nitrogen and oxygen atoms in total. The fourth-order valence-corrected chi connectivity index (χ4v) is 5.64. The van der Waals surface area contributed by atoms with Crippen LogP contribution in [0.15, 0.2) is 11.0 Å². The number of aliphatic hydroxyl groups excluding tert-OH is 2. The molecular weight excluding hydrogens is 466 g/mol. The summed E-state index contributed by atoms with van der Waals surface area (Å²) in [5.74, 6) is -1.55. The van der Waals surface area contributed by atoms with Crippen molar-refractivity contribution in [2.24, 2.45) is 17.3 Å². The molecule has 2 aliphatic rings. The van der Waals surface area contributed by atoms with E-state index in [9.17, 15) is 19.8 Å². The lowest BCUT2D eigenvalue weighted by atomic mass is 9.73. The van der Waals surface area contributed by atoms with E-state index in [0.717, 1.165) is 35.5 Å². The molecule has 2 N–H and O–H groups in total. The van der Waals surface area contributed by atoms with Gasteiger partial charge in [-0.3, -0.25) is 9.59 Å². The number of aliphatic hydroxyl groups is 2.